The van der Waals surface area contributed by atoms with Crippen molar-refractivity contribution in [2.75, 3.05) is 13.2 Å². The Kier molecular flexibility index (Phi) is 50.0. The molecule has 0 aliphatic heterocycles. The van der Waals surface area contributed by atoms with Crippen LogP contribution in [0.25, 0.3) is 0 Å². The van der Waals surface area contributed by atoms with Crippen molar-refractivity contribution in [1.82, 2.24) is 0 Å². The van der Waals surface area contributed by atoms with Gasteiger partial charge in [0.25, 0.3) is 0 Å². The maximum absolute atomic E-state index is 12.8. The van der Waals surface area contributed by atoms with Crippen molar-refractivity contribution in [1.29, 1.82) is 0 Å². The highest BCUT2D eigenvalue weighted by atomic mass is 16.6. The van der Waals surface area contributed by atoms with E-state index in [9.17, 15) is 14.4 Å². The normalized spacial score (nSPS) is 13.1. The number of hydrogen-bond acceptors (Lipinski definition) is 6. The standard InChI is InChI=1S/C60H96O6/c1-4-7-10-13-16-19-22-25-28-30-32-35-38-41-44-47-50-53-59(62)65-56-57(55-64-58(61)52-49-46-43-40-37-34-27-24-21-18-15-12-9-6-3)66-60(63)54-51-48-45-42-39-36-33-31-29-26-23-20-17-14-11-8-5-2/h9,12,16,18-19,21,25-29,32-36,41-42,44-45,57H,4-8,10-11,13-15,17,20,22-24,30-31,37-40,43,46-56H2,1-3H3/b12-9-,19-16-,21-18-,28-25-,29-26-,34-27-,35-32-,36-33-,44-41-,45-42-. The van der Waals surface area contributed by atoms with Crippen LogP contribution in [-0.2, 0) is 28.6 Å². The predicted octanol–water partition coefficient (Wildman–Crippen LogP) is 17.7. The molecule has 0 heterocycles. The Balaban J connectivity index is 4.61. The van der Waals surface area contributed by atoms with Crippen LogP contribution in [0.3, 0.4) is 0 Å². The fourth-order valence-electron chi connectivity index (χ4n) is 6.70. The van der Waals surface area contributed by atoms with E-state index in [2.05, 4.69) is 142 Å². The monoisotopic (exact) mass is 913 g/mol. The average Bonchev–Trinajstić information content (AvgIpc) is 3.31. The first-order valence-electron chi connectivity index (χ1n) is 26.5. The molecule has 0 bridgehead atoms. The van der Waals surface area contributed by atoms with Crippen molar-refractivity contribution >= 4 is 17.9 Å². The van der Waals surface area contributed by atoms with Crippen molar-refractivity contribution in [2.45, 2.75) is 226 Å². The second-order valence-electron chi connectivity index (χ2n) is 17.0. The SMILES string of the molecule is CC/C=C\C/C=C\C/C=C\CCCCCCC(=O)OCC(COC(=O)CCC/C=C\C/C=C\C/C=C\C/C=C\CCCCC)OC(=O)CCC/C=C\C/C=C\C/C=C\CCCCCCCC. The maximum atomic E-state index is 12.8. The summed E-state index contributed by atoms with van der Waals surface area (Å²) >= 11 is 0. The molecule has 0 aliphatic rings. The van der Waals surface area contributed by atoms with Gasteiger partial charge in [0.2, 0.25) is 0 Å². The average molecular weight is 913 g/mol. The zero-order chi connectivity index (χ0) is 47.9. The Morgan fingerprint density at radius 3 is 1.02 bits per heavy atom. The largest absolute Gasteiger partial charge is 0.462 e. The van der Waals surface area contributed by atoms with Crippen LogP contribution in [0, 0.1) is 0 Å². The Morgan fingerprint density at radius 2 is 0.606 bits per heavy atom. The molecule has 0 saturated heterocycles. The lowest BCUT2D eigenvalue weighted by molar-refractivity contribution is -0.167. The van der Waals surface area contributed by atoms with E-state index in [0.717, 1.165) is 96.3 Å². The van der Waals surface area contributed by atoms with Crippen molar-refractivity contribution in [3.63, 3.8) is 0 Å². The van der Waals surface area contributed by atoms with E-state index in [-0.39, 0.29) is 44.0 Å². The van der Waals surface area contributed by atoms with Crippen LogP contribution in [-0.4, -0.2) is 37.2 Å². The van der Waals surface area contributed by atoms with E-state index < -0.39 is 6.10 Å². The predicted molar refractivity (Wildman–Crippen MR) is 283 cm³/mol. The molecule has 0 aromatic carbocycles. The minimum Gasteiger partial charge on any atom is -0.462 e. The van der Waals surface area contributed by atoms with Crippen LogP contribution in [0.15, 0.2) is 122 Å². The molecule has 1 unspecified atom stereocenters. The topological polar surface area (TPSA) is 78.9 Å². The zero-order valence-electron chi connectivity index (χ0n) is 42.4. The molecule has 0 saturated carbocycles. The van der Waals surface area contributed by atoms with Gasteiger partial charge in [0.1, 0.15) is 13.2 Å². The molecule has 372 valence electrons. The number of carbonyl (C=O) groups is 3. The fourth-order valence-corrected chi connectivity index (χ4v) is 6.70. The molecule has 0 radical (unpaired) electrons. The summed E-state index contributed by atoms with van der Waals surface area (Å²) in [5.41, 5.74) is 0. The van der Waals surface area contributed by atoms with E-state index in [1.54, 1.807) is 0 Å². The maximum Gasteiger partial charge on any atom is 0.306 e. The molecule has 0 aliphatic carbocycles. The molecule has 0 spiro atoms. The first kappa shape index (κ1) is 61.8. The zero-order valence-corrected chi connectivity index (χ0v) is 42.4. The van der Waals surface area contributed by atoms with Crippen molar-refractivity contribution in [3.8, 4) is 0 Å². The van der Waals surface area contributed by atoms with Crippen LogP contribution in [0.1, 0.15) is 220 Å². The summed E-state index contributed by atoms with van der Waals surface area (Å²) in [6, 6.07) is 0. The van der Waals surface area contributed by atoms with Crippen molar-refractivity contribution < 1.29 is 28.6 Å². The molecule has 0 fully saturated rings. The van der Waals surface area contributed by atoms with Crippen LogP contribution < -0.4 is 0 Å². The minimum absolute atomic E-state index is 0.130. The number of unbranched alkanes of at least 4 members (excludes halogenated alkanes) is 15. The Bertz CT molecular complexity index is 1420. The van der Waals surface area contributed by atoms with E-state index in [0.29, 0.717) is 19.3 Å². The van der Waals surface area contributed by atoms with E-state index >= 15 is 0 Å². The third-order valence-corrected chi connectivity index (χ3v) is 10.7. The van der Waals surface area contributed by atoms with Gasteiger partial charge in [-0.25, -0.2) is 0 Å². The Morgan fingerprint density at radius 1 is 0.318 bits per heavy atom. The van der Waals surface area contributed by atoms with E-state index in [1.807, 2.05) is 0 Å². The highest BCUT2D eigenvalue weighted by Gasteiger charge is 2.19. The van der Waals surface area contributed by atoms with Gasteiger partial charge >= 0.3 is 17.9 Å². The van der Waals surface area contributed by atoms with Gasteiger partial charge in [-0.15, -0.1) is 0 Å². The third kappa shape index (κ3) is 50.8. The van der Waals surface area contributed by atoms with Crippen LogP contribution in [0.5, 0.6) is 0 Å². The molecule has 1 atom stereocenters. The van der Waals surface area contributed by atoms with Gasteiger partial charge in [-0.1, -0.05) is 200 Å². The van der Waals surface area contributed by atoms with Gasteiger partial charge in [0, 0.05) is 19.3 Å². The second kappa shape index (κ2) is 53.4. The fraction of sp³-hybridized carbons (Fsp3) is 0.617. The molecule has 66 heavy (non-hydrogen) atoms. The van der Waals surface area contributed by atoms with Gasteiger partial charge < -0.3 is 14.2 Å². The molecule has 6 nitrogen and oxygen atoms in total. The molecular formula is C60H96O6. The van der Waals surface area contributed by atoms with Gasteiger partial charge in [-0.3, -0.25) is 14.4 Å². The highest BCUT2D eigenvalue weighted by Crippen LogP contribution is 2.11. The lowest BCUT2D eigenvalue weighted by Crippen LogP contribution is -2.30. The lowest BCUT2D eigenvalue weighted by atomic mass is 10.1. The van der Waals surface area contributed by atoms with Crippen LogP contribution in [0.4, 0.5) is 0 Å². The van der Waals surface area contributed by atoms with E-state index in [1.165, 1.54) is 70.6 Å². The molecular weight excluding hydrogens is 817 g/mol. The summed E-state index contributed by atoms with van der Waals surface area (Å²) in [7, 11) is 0. The summed E-state index contributed by atoms with van der Waals surface area (Å²) in [5.74, 6) is -1.07. The molecule has 0 amide bonds. The van der Waals surface area contributed by atoms with Crippen LogP contribution >= 0.6 is 0 Å². The van der Waals surface area contributed by atoms with Gasteiger partial charge in [-0.2, -0.15) is 0 Å². The summed E-state index contributed by atoms with van der Waals surface area (Å²) in [6.07, 6.45) is 73.4. The number of ether oxygens (including phenoxy) is 3. The molecule has 6 heteroatoms. The van der Waals surface area contributed by atoms with Crippen molar-refractivity contribution in [3.05, 3.63) is 122 Å². The summed E-state index contributed by atoms with van der Waals surface area (Å²) in [5, 5.41) is 0. The number of carbonyl (C=O) groups excluding carboxylic acids is 3. The van der Waals surface area contributed by atoms with E-state index in [4.69, 9.17) is 14.2 Å². The second-order valence-corrected chi connectivity index (χ2v) is 17.0. The quantitative estimate of drug-likeness (QED) is 0.0262. The number of hydrogen-bond donors (Lipinski definition) is 0. The smallest absolute Gasteiger partial charge is 0.306 e. The van der Waals surface area contributed by atoms with Gasteiger partial charge in [-0.05, 0) is 122 Å². The molecule has 0 rings (SSSR count). The van der Waals surface area contributed by atoms with Gasteiger partial charge in [0.15, 0.2) is 6.10 Å². The summed E-state index contributed by atoms with van der Waals surface area (Å²) < 4.78 is 16.7. The molecule has 0 aromatic rings. The lowest BCUT2D eigenvalue weighted by Gasteiger charge is -2.18. The Labute approximate surface area is 405 Å². The summed E-state index contributed by atoms with van der Waals surface area (Å²) in [6.45, 7) is 6.36. The van der Waals surface area contributed by atoms with Crippen molar-refractivity contribution in [2.24, 2.45) is 0 Å². The number of rotatable bonds is 46. The van der Waals surface area contributed by atoms with Crippen LogP contribution in [0.2, 0.25) is 0 Å². The number of esters is 3. The summed E-state index contributed by atoms with van der Waals surface area (Å²) in [4.78, 5) is 38.0. The Hall–Kier alpha value is -4.19. The molecule has 0 aromatic heterocycles. The third-order valence-electron chi connectivity index (χ3n) is 10.7. The number of allylic oxidation sites excluding steroid dienone is 20. The first-order valence-corrected chi connectivity index (χ1v) is 26.5. The molecule has 0 N–H and O–H groups in total. The van der Waals surface area contributed by atoms with Gasteiger partial charge in [0.05, 0.1) is 0 Å². The highest BCUT2D eigenvalue weighted by molar-refractivity contribution is 5.71. The minimum atomic E-state index is -0.839. The first-order chi connectivity index (χ1) is 32.5.